The third-order valence-electron chi connectivity index (χ3n) is 2.08. The molecule has 0 rings (SSSR count). The highest BCUT2D eigenvalue weighted by atomic mass is 28.4. The standard InChI is InChI=1S/C7H11F7O4Si/c1-15-19(16-2,17-3)4-18-7(13,14)5(8,9)6(10,11)12/h4H2,1-3H3. The van der Waals surface area contributed by atoms with Crippen LogP contribution in [0.2, 0.25) is 0 Å². The quantitative estimate of drug-likeness (QED) is 0.532. The number of alkyl halides is 7. The molecule has 0 aliphatic rings. The molecule has 0 aliphatic carbocycles. The van der Waals surface area contributed by atoms with Gasteiger partial charge < -0.3 is 18.0 Å². The van der Waals surface area contributed by atoms with Gasteiger partial charge in [-0.1, -0.05) is 0 Å². The van der Waals surface area contributed by atoms with Gasteiger partial charge in [-0.3, -0.25) is 0 Å². The molecule has 0 aromatic heterocycles. The van der Waals surface area contributed by atoms with Gasteiger partial charge in [0.15, 0.2) is 0 Å². The minimum atomic E-state index is -6.46. The molecule has 0 bridgehead atoms. The minimum absolute atomic E-state index is 0.947. The normalized spacial score (nSPS) is 14.8. The van der Waals surface area contributed by atoms with Crippen molar-refractivity contribution >= 4 is 8.80 Å². The molecule has 0 aliphatic heterocycles. The summed E-state index contributed by atoms with van der Waals surface area (Å²) >= 11 is 0. The van der Waals surface area contributed by atoms with Gasteiger partial charge in [0.2, 0.25) is 0 Å². The van der Waals surface area contributed by atoms with Crippen molar-refractivity contribution in [3.63, 3.8) is 0 Å². The number of rotatable bonds is 7. The van der Waals surface area contributed by atoms with Crippen LogP contribution in [-0.4, -0.2) is 54.6 Å². The maximum atomic E-state index is 12.8. The van der Waals surface area contributed by atoms with Crippen LogP contribution >= 0.6 is 0 Å². The van der Waals surface area contributed by atoms with Gasteiger partial charge in [-0.2, -0.15) is 30.7 Å². The van der Waals surface area contributed by atoms with E-state index in [9.17, 15) is 30.7 Å². The average Bonchev–Trinajstić information content (AvgIpc) is 2.30. The summed E-state index contributed by atoms with van der Waals surface area (Å²) < 4.78 is 103. The van der Waals surface area contributed by atoms with Crippen LogP contribution in [0.1, 0.15) is 0 Å². The Morgan fingerprint density at radius 2 is 1.16 bits per heavy atom. The van der Waals surface area contributed by atoms with Gasteiger partial charge in [0.25, 0.3) is 0 Å². The number of halogens is 7. The van der Waals surface area contributed by atoms with Crippen LogP contribution in [0.5, 0.6) is 0 Å². The van der Waals surface area contributed by atoms with Crippen LogP contribution in [0, 0.1) is 0 Å². The molecule has 0 amide bonds. The van der Waals surface area contributed by atoms with Crippen molar-refractivity contribution in [3.05, 3.63) is 0 Å². The summed E-state index contributed by atoms with van der Waals surface area (Å²) in [4.78, 5) is 0. The molecule has 0 atom stereocenters. The zero-order chi connectivity index (χ0) is 15.5. The first-order valence-corrected chi connectivity index (χ1v) is 6.44. The third kappa shape index (κ3) is 3.78. The van der Waals surface area contributed by atoms with E-state index in [0.29, 0.717) is 0 Å². The van der Waals surface area contributed by atoms with E-state index in [2.05, 4.69) is 18.0 Å². The zero-order valence-corrected chi connectivity index (χ0v) is 11.0. The van der Waals surface area contributed by atoms with Crippen molar-refractivity contribution in [1.82, 2.24) is 0 Å². The molecule has 0 radical (unpaired) electrons. The van der Waals surface area contributed by atoms with E-state index in [4.69, 9.17) is 0 Å². The second-order valence-corrected chi connectivity index (χ2v) is 6.05. The molecule has 0 saturated carbocycles. The van der Waals surface area contributed by atoms with E-state index in [1.165, 1.54) is 0 Å². The molecule has 0 aromatic rings. The maximum absolute atomic E-state index is 12.8. The molecule has 0 unspecified atom stereocenters. The van der Waals surface area contributed by atoms with E-state index in [-0.39, 0.29) is 0 Å². The Balaban J connectivity index is 4.98. The summed E-state index contributed by atoms with van der Waals surface area (Å²) in [6.07, 6.45) is -13.6. The molecule has 0 heterocycles. The topological polar surface area (TPSA) is 36.9 Å². The van der Waals surface area contributed by atoms with Gasteiger partial charge in [0.05, 0.1) is 0 Å². The van der Waals surface area contributed by atoms with E-state index in [1.807, 2.05) is 0 Å². The molecule has 12 heteroatoms. The predicted octanol–water partition coefficient (Wildman–Crippen LogP) is 2.21. The van der Waals surface area contributed by atoms with Crippen molar-refractivity contribution in [2.45, 2.75) is 18.2 Å². The van der Waals surface area contributed by atoms with Crippen LogP contribution in [0.3, 0.4) is 0 Å². The third-order valence-corrected chi connectivity index (χ3v) is 4.45. The second kappa shape index (κ2) is 5.91. The summed E-state index contributed by atoms with van der Waals surface area (Å²) in [6, 6.07) is 0. The molecular weight excluding hydrogens is 309 g/mol. The fraction of sp³-hybridized carbons (Fsp3) is 1.00. The number of hydrogen-bond acceptors (Lipinski definition) is 4. The van der Waals surface area contributed by atoms with Gasteiger partial charge in [-0.15, -0.1) is 0 Å². The van der Waals surface area contributed by atoms with E-state index in [1.54, 1.807) is 0 Å². The van der Waals surface area contributed by atoms with Crippen LogP contribution in [0.4, 0.5) is 30.7 Å². The first kappa shape index (κ1) is 18.6. The molecule has 19 heavy (non-hydrogen) atoms. The van der Waals surface area contributed by atoms with Crippen molar-refractivity contribution in [3.8, 4) is 0 Å². The fourth-order valence-corrected chi connectivity index (χ4v) is 2.07. The van der Waals surface area contributed by atoms with Crippen molar-refractivity contribution in [1.29, 1.82) is 0 Å². The van der Waals surface area contributed by atoms with E-state index < -0.39 is 33.2 Å². The lowest BCUT2D eigenvalue weighted by atomic mass is 10.3. The van der Waals surface area contributed by atoms with Crippen LogP contribution < -0.4 is 0 Å². The maximum Gasteiger partial charge on any atom is 0.527 e. The minimum Gasteiger partial charge on any atom is -0.375 e. The lowest BCUT2D eigenvalue weighted by Gasteiger charge is -2.30. The molecule has 0 saturated heterocycles. The Bertz CT molecular complexity index is 283. The van der Waals surface area contributed by atoms with Crippen molar-refractivity contribution < 1.29 is 48.7 Å². The summed E-state index contributed by atoms with van der Waals surface area (Å²) in [7, 11) is -1.03. The van der Waals surface area contributed by atoms with E-state index >= 15 is 0 Å². The Kier molecular flexibility index (Phi) is 5.77. The van der Waals surface area contributed by atoms with Gasteiger partial charge in [0.1, 0.15) is 6.23 Å². The highest BCUT2D eigenvalue weighted by molar-refractivity contribution is 6.60. The summed E-state index contributed by atoms with van der Waals surface area (Å²) in [5.41, 5.74) is 0. The van der Waals surface area contributed by atoms with Gasteiger partial charge in [0, 0.05) is 21.3 Å². The average molecular weight is 320 g/mol. The fourth-order valence-electron chi connectivity index (χ4n) is 0.861. The van der Waals surface area contributed by atoms with Crippen LogP contribution in [0.25, 0.3) is 0 Å². The SMILES string of the molecule is CO[Si](COC(F)(F)C(F)(F)C(F)(F)F)(OC)OC. The Labute approximate surface area is 104 Å². The zero-order valence-electron chi connectivity index (χ0n) is 9.99. The highest BCUT2D eigenvalue weighted by Crippen LogP contribution is 2.47. The summed E-state index contributed by atoms with van der Waals surface area (Å²) in [5, 5.41) is 0. The lowest BCUT2D eigenvalue weighted by Crippen LogP contribution is -2.57. The van der Waals surface area contributed by atoms with Crippen molar-refractivity contribution in [2.24, 2.45) is 0 Å². The monoisotopic (exact) mass is 320 g/mol. The highest BCUT2D eigenvalue weighted by Gasteiger charge is 2.75. The Morgan fingerprint density at radius 1 is 0.789 bits per heavy atom. The number of hydrogen-bond donors (Lipinski definition) is 0. The van der Waals surface area contributed by atoms with Crippen LogP contribution in [0.15, 0.2) is 0 Å². The summed E-state index contributed by atoms with van der Waals surface area (Å²) in [5.74, 6) is -6.35. The molecule has 0 fully saturated rings. The van der Waals surface area contributed by atoms with Crippen molar-refractivity contribution in [2.75, 3.05) is 27.6 Å². The van der Waals surface area contributed by atoms with Gasteiger partial charge in [-0.25, -0.2) is 0 Å². The first-order valence-electron chi connectivity index (χ1n) is 4.51. The second-order valence-electron chi connectivity index (χ2n) is 3.17. The molecule has 116 valence electrons. The molecule has 4 nitrogen and oxygen atoms in total. The largest absolute Gasteiger partial charge is 0.527 e. The van der Waals surface area contributed by atoms with Gasteiger partial charge >= 0.3 is 27.0 Å². The Hall–Kier alpha value is -0.433. The predicted molar refractivity (Wildman–Crippen MR) is 48.7 cm³/mol. The Morgan fingerprint density at radius 3 is 1.42 bits per heavy atom. The van der Waals surface area contributed by atoms with Gasteiger partial charge in [-0.05, 0) is 0 Å². The number of ether oxygens (including phenoxy) is 1. The molecular formula is C7H11F7O4Si. The smallest absolute Gasteiger partial charge is 0.375 e. The molecule has 0 N–H and O–H groups in total. The summed E-state index contributed by atoms with van der Waals surface area (Å²) in [6.45, 7) is 0. The first-order chi connectivity index (χ1) is 8.39. The molecule has 0 spiro atoms. The van der Waals surface area contributed by atoms with Crippen LogP contribution in [-0.2, 0) is 18.0 Å². The lowest BCUT2D eigenvalue weighted by molar-refractivity contribution is -0.422. The molecule has 0 aromatic carbocycles. The van der Waals surface area contributed by atoms with E-state index in [0.717, 1.165) is 21.3 Å².